The van der Waals surface area contributed by atoms with Gasteiger partial charge in [0.25, 0.3) is 5.91 Å². The summed E-state index contributed by atoms with van der Waals surface area (Å²) in [5.74, 6) is 0.287. The monoisotopic (exact) mass is 333 g/mol. The first kappa shape index (κ1) is 16.4. The topological polar surface area (TPSA) is 70.2 Å². The molecule has 1 aromatic heterocycles. The molecule has 6 heteroatoms. The van der Waals surface area contributed by atoms with E-state index in [2.05, 4.69) is 20.8 Å². The molecule has 0 radical (unpaired) electrons. The third kappa shape index (κ3) is 4.32. The number of aromatic nitrogens is 2. The Morgan fingerprint density at radius 1 is 0.840 bits per heavy atom. The number of carbonyl (C=O) groups is 1. The molecule has 0 fully saturated rings. The van der Waals surface area contributed by atoms with Gasteiger partial charge in [-0.3, -0.25) is 4.79 Å². The number of benzene rings is 2. The van der Waals surface area contributed by atoms with Crippen molar-refractivity contribution < 1.29 is 4.79 Å². The van der Waals surface area contributed by atoms with Gasteiger partial charge in [-0.15, -0.1) is 10.2 Å². The molecule has 6 nitrogen and oxygen atoms in total. The van der Waals surface area contributed by atoms with E-state index >= 15 is 0 Å². The molecule has 2 N–H and O–H groups in total. The molecule has 0 unspecified atom stereocenters. The van der Waals surface area contributed by atoms with Crippen LogP contribution in [-0.4, -0.2) is 30.2 Å². The Morgan fingerprint density at radius 2 is 1.56 bits per heavy atom. The molecule has 0 atom stereocenters. The summed E-state index contributed by atoms with van der Waals surface area (Å²) in [5, 5.41) is 14.0. The standard InChI is InChI=1S/C19H19N5O/c1-24(2)16-10-8-15(9-11-16)20-18-13-12-17(22-23-18)19(25)21-14-6-4-3-5-7-14/h3-13H,1-2H3,(H,20,23)(H,21,25). The molecule has 1 heterocycles. The van der Waals surface area contributed by atoms with Crippen LogP contribution in [-0.2, 0) is 0 Å². The average molecular weight is 333 g/mol. The lowest BCUT2D eigenvalue weighted by molar-refractivity contribution is 0.102. The Balaban J connectivity index is 1.64. The molecule has 0 bridgehead atoms. The van der Waals surface area contributed by atoms with Gasteiger partial charge >= 0.3 is 0 Å². The molecule has 0 aliphatic carbocycles. The molecule has 0 aliphatic rings. The minimum Gasteiger partial charge on any atom is -0.378 e. The zero-order valence-electron chi connectivity index (χ0n) is 14.1. The first-order valence-corrected chi connectivity index (χ1v) is 7.86. The Bertz CT molecular complexity index is 830. The van der Waals surface area contributed by atoms with Crippen LogP contribution in [0.15, 0.2) is 66.7 Å². The van der Waals surface area contributed by atoms with Crippen LogP contribution in [0.2, 0.25) is 0 Å². The Morgan fingerprint density at radius 3 is 2.16 bits per heavy atom. The number of hydrogen-bond acceptors (Lipinski definition) is 5. The van der Waals surface area contributed by atoms with Gasteiger partial charge in [-0.2, -0.15) is 0 Å². The highest BCUT2D eigenvalue weighted by atomic mass is 16.1. The molecule has 3 aromatic rings. The van der Waals surface area contributed by atoms with E-state index in [1.807, 2.05) is 73.6 Å². The van der Waals surface area contributed by atoms with Gasteiger partial charge in [-0.05, 0) is 48.5 Å². The van der Waals surface area contributed by atoms with Crippen molar-refractivity contribution in [3.63, 3.8) is 0 Å². The predicted molar refractivity (Wildman–Crippen MR) is 100 cm³/mol. The van der Waals surface area contributed by atoms with Gasteiger partial charge in [0.2, 0.25) is 0 Å². The Hall–Kier alpha value is -3.41. The smallest absolute Gasteiger partial charge is 0.276 e. The van der Waals surface area contributed by atoms with Crippen molar-refractivity contribution in [2.75, 3.05) is 29.6 Å². The second kappa shape index (κ2) is 7.44. The fourth-order valence-corrected chi connectivity index (χ4v) is 2.23. The first-order valence-electron chi connectivity index (χ1n) is 7.86. The highest BCUT2D eigenvalue weighted by Crippen LogP contribution is 2.18. The van der Waals surface area contributed by atoms with Crippen molar-refractivity contribution in [3.05, 3.63) is 72.4 Å². The van der Waals surface area contributed by atoms with Gasteiger partial charge in [0.1, 0.15) is 0 Å². The summed E-state index contributed by atoms with van der Waals surface area (Å²) in [6, 6.07) is 20.6. The number of carbonyl (C=O) groups excluding carboxylic acids is 1. The van der Waals surface area contributed by atoms with Crippen LogP contribution in [0.1, 0.15) is 10.5 Å². The summed E-state index contributed by atoms with van der Waals surface area (Å²) in [7, 11) is 3.99. The van der Waals surface area contributed by atoms with E-state index < -0.39 is 0 Å². The number of anilines is 4. The number of nitrogens with zero attached hydrogens (tertiary/aromatic N) is 3. The normalized spacial score (nSPS) is 10.2. The summed E-state index contributed by atoms with van der Waals surface area (Å²) >= 11 is 0. The van der Waals surface area contributed by atoms with Crippen molar-refractivity contribution in [2.24, 2.45) is 0 Å². The SMILES string of the molecule is CN(C)c1ccc(Nc2ccc(C(=O)Nc3ccccc3)nn2)cc1. The molecule has 25 heavy (non-hydrogen) atoms. The van der Waals surface area contributed by atoms with E-state index in [4.69, 9.17) is 0 Å². The molecule has 3 rings (SSSR count). The van der Waals surface area contributed by atoms with Gasteiger partial charge in [0, 0.05) is 31.2 Å². The van der Waals surface area contributed by atoms with E-state index in [-0.39, 0.29) is 11.6 Å². The zero-order valence-corrected chi connectivity index (χ0v) is 14.1. The summed E-state index contributed by atoms with van der Waals surface area (Å²) in [6.07, 6.45) is 0. The molecule has 0 saturated carbocycles. The van der Waals surface area contributed by atoms with E-state index in [1.165, 1.54) is 0 Å². The molecular weight excluding hydrogens is 314 g/mol. The third-order valence-electron chi connectivity index (χ3n) is 3.58. The van der Waals surface area contributed by atoms with Crippen LogP contribution >= 0.6 is 0 Å². The molecule has 126 valence electrons. The van der Waals surface area contributed by atoms with Crippen LogP contribution in [0.25, 0.3) is 0 Å². The molecule has 0 spiro atoms. The molecule has 2 aromatic carbocycles. The summed E-state index contributed by atoms with van der Waals surface area (Å²) in [6.45, 7) is 0. The second-order valence-corrected chi connectivity index (χ2v) is 5.69. The van der Waals surface area contributed by atoms with E-state index in [0.29, 0.717) is 5.82 Å². The lowest BCUT2D eigenvalue weighted by Crippen LogP contribution is -2.14. The van der Waals surface area contributed by atoms with Crippen LogP contribution in [0.5, 0.6) is 0 Å². The van der Waals surface area contributed by atoms with Gasteiger partial charge in [-0.25, -0.2) is 0 Å². The highest BCUT2D eigenvalue weighted by Gasteiger charge is 2.08. The van der Waals surface area contributed by atoms with Gasteiger partial charge in [0.05, 0.1) is 0 Å². The minimum absolute atomic E-state index is 0.261. The molecular formula is C19H19N5O. The van der Waals surface area contributed by atoms with Crippen LogP contribution < -0.4 is 15.5 Å². The maximum atomic E-state index is 12.1. The summed E-state index contributed by atoms with van der Waals surface area (Å²) in [5.41, 5.74) is 3.00. The first-order chi connectivity index (χ1) is 12.1. The van der Waals surface area contributed by atoms with Crippen molar-refractivity contribution in [3.8, 4) is 0 Å². The maximum absolute atomic E-state index is 12.1. The van der Waals surface area contributed by atoms with E-state index in [1.54, 1.807) is 12.1 Å². The summed E-state index contributed by atoms with van der Waals surface area (Å²) < 4.78 is 0. The van der Waals surface area contributed by atoms with Crippen LogP contribution in [0.4, 0.5) is 22.9 Å². The largest absolute Gasteiger partial charge is 0.378 e. The Labute approximate surface area is 146 Å². The number of hydrogen-bond donors (Lipinski definition) is 2. The predicted octanol–water partition coefficient (Wildman–Crippen LogP) is 3.54. The average Bonchev–Trinajstić information content (AvgIpc) is 2.63. The third-order valence-corrected chi connectivity index (χ3v) is 3.58. The fourth-order valence-electron chi connectivity index (χ4n) is 2.23. The van der Waals surface area contributed by atoms with E-state index in [0.717, 1.165) is 17.1 Å². The Kier molecular flexibility index (Phi) is 4.89. The number of rotatable bonds is 5. The maximum Gasteiger partial charge on any atom is 0.276 e. The quantitative estimate of drug-likeness (QED) is 0.747. The zero-order chi connectivity index (χ0) is 17.6. The lowest BCUT2D eigenvalue weighted by Gasteiger charge is -2.13. The van der Waals surface area contributed by atoms with E-state index in [9.17, 15) is 4.79 Å². The number of amides is 1. The van der Waals surface area contributed by atoms with Crippen LogP contribution in [0.3, 0.4) is 0 Å². The molecule has 0 aliphatic heterocycles. The van der Waals surface area contributed by atoms with Crippen molar-refractivity contribution in [1.82, 2.24) is 10.2 Å². The van der Waals surface area contributed by atoms with Gasteiger partial charge < -0.3 is 15.5 Å². The fraction of sp³-hybridized carbons (Fsp3) is 0.105. The minimum atomic E-state index is -0.291. The van der Waals surface area contributed by atoms with Gasteiger partial charge in [0.15, 0.2) is 11.5 Å². The second-order valence-electron chi connectivity index (χ2n) is 5.69. The number of para-hydroxylation sites is 1. The number of nitrogens with one attached hydrogen (secondary N) is 2. The van der Waals surface area contributed by atoms with Crippen molar-refractivity contribution >= 4 is 28.8 Å². The highest BCUT2D eigenvalue weighted by molar-refractivity contribution is 6.02. The van der Waals surface area contributed by atoms with Crippen molar-refractivity contribution in [2.45, 2.75) is 0 Å². The molecule has 1 amide bonds. The molecule has 0 saturated heterocycles. The lowest BCUT2D eigenvalue weighted by atomic mass is 10.2. The van der Waals surface area contributed by atoms with Crippen molar-refractivity contribution in [1.29, 1.82) is 0 Å². The summed E-state index contributed by atoms with van der Waals surface area (Å²) in [4.78, 5) is 14.2. The van der Waals surface area contributed by atoms with Crippen LogP contribution in [0, 0.1) is 0 Å². The van der Waals surface area contributed by atoms with Gasteiger partial charge in [-0.1, -0.05) is 18.2 Å².